The van der Waals surface area contributed by atoms with Crippen LogP contribution in [0.5, 0.6) is 0 Å². The maximum Gasteiger partial charge on any atom is 0.242 e. The van der Waals surface area contributed by atoms with Crippen LogP contribution in [0.25, 0.3) is 0 Å². The summed E-state index contributed by atoms with van der Waals surface area (Å²) in [6.45, 7) is -0.0664. The number of sulfonamides is 1. The number of methoxy groups -OCH3 is 1. The molecule has 96 valence electrons. The van der Waals surface area contributed by atoms with E-state index >= 15 is 0 Å². The van der Waals surface area contributed by atoms with Gasteiger partial charge in [0, 0.05) is 19.9 Å². The Kier molecular flexibility index (Phi) is 4.82. The molecule has 0 fully saturated rings. The molecule has 1 aromatic heterocycles. The van der Waals surface area contributed by atoms with Gasteiger partial charge in [-0.15, -0.1) is 0 Å². The van der Waals surface area contributed by atoms with Crippen molar-refractivity contribution >= 4 is 15.8 Å². The smallest absolute Gasteiger partial charge is 0.242 e. The molecule has 0 aliphatic heterocycles. The monoisotopic (exact) mass is 261 g/mol. The van der Waals surface area contributed by atoms with Crippen LogP contribution >= 0.6 is 0 Å². The molecule has 0 saturated carbocycles. The summed E-state index contributed by atoms with van der Waals surface area (Å²) in [5, 5.41) is 9.32. The number of aliphatic hydroxyl groups is 1. The minimum Gasteiger partial charge on any atom is -0.389 e. The summed E-state index contributed by atoms with van der Waals surface area (Å²) in [6, 6.07) is 2.73. The van der Waals surface area contributed by atoms with Crippen molar-refractivity contribution in [2.24, 2.45) is 0 Å². The molecule has 0 aliphatic rings. The fourth-order valence-corrected chi connectivity index (χ4v) is 2.11. The van der Waals surface area contributed by atoms with Gasteiger partial charge in [0.2, 0.25) is 10.0 Å². The Morgan fingerprint density at radius 1 is 1.59 bits per heavy atom. The van der Waals surface area contributed by atoms with Gasteiger partial charge in [0.15, 0.2) is 0 Å². The molecule has 0 aromatic carbocycles. The average Bonchev–Trinajstić information content (AvgIpc) is 2.28. The molecule has 0 aliphatic carbocycles. The number of hydrogen-bond acceptors (Lipinski definition) is 6. The molecule has 0 spiro atoms. The number of nitrogens with zero attached hydrogens (tertiary/aromatic N) is 1. The van der Waals surface area contributed by atoms with E-state index in [4.69, 9.17) is 5.73 Å². The van der Waals surface area contributed by atoms with Crippen molar-refractivity contribution in [2.75, 3.05) is 26.0 Å². The predicted molar refractivity (Wildman–Crippen MR) is 61.7 cm³/mol. The fraction of sp³-hybridized carbons (Fsp3) is 0.444. The SMILES string of the molecule is COCC(O)CNS(=O)(=O)c1ccc(N)nc1. The molecule has 0 bridgehead atoms. The minimum absolute atomic E-state index is 0.00341. The molecule has 0 amide bonds. The zero-order valence-corrected chi connectivity index (χ0v) is 10.1. The lowest BCUT2D eigenvalue weighted by molar-refractivity contribution is 0.0679. The summed E-state index contributed by atoms with van der Waals surface area (Å²) >= 11 is 0. The second-order valence-electron chi connectivity index (χ2n) is 3.38. The van der Waals surface area contributed by atoms with Crippen LogP contribution in [0.1, 0.15) is 0 Å². The van der Waals surface area contributed by atoms with Gasteiger partial charge in [-0.2, -0.15) is 0 Å². The first kappa shape index (κ1) is 13.8. The number of aromatic nitrogens is 1. The summed E-state index contributed by atoms with van der Waals surface area (Å²) in [6.07, 6.45) is 0.261. The summed E-state index contributed by atoms with van der Waals surface area (Å²) in [4.78, 5) is 3.68. The van der Waals surface area contributed by atoms with Gasteiger partial charge >= 0.3 is 0 Å². The van der Waals surface area contributed by atoms with E-state index in [-0.39, 0.29) is 23.9 Å². The van der Waals surface area contributed by atoms with Gasteiger partial charge in [0.1, 0.15) is 10.7 Å². The van der Waals surface area contributed by atoms with E-state index in [9.17, 15) is 13.5 Å². The Bertz CT molecular complexity index is 446. The molecule has 17 heavy (non-hydrogen) atoms. The van der Waals surface area contributed by atoms with Gasteiger partial charge in [-0.25, -0.2) is 18.1 Å². The number of nitrogens with one attached hydrogen (secondary N) is 1. The topological polar surface area (TPSA) is 115 Å². The Morgan fingerprint density at radius 2 is 2.29 bits per heavy atom. The van der Waals surface area contributed by atoms with Crippen molar-refractivity contribution in [1.29, 1.82) is 0 Å². The van der Waals surface area contributed by atoms with Crippen LogP contribution in [0.3, 0.4) is 0 Å². The van der Waals surface area contributed by atoms with Crippen LogP contribution in [-0.2, 0) is 14.8 Å². The van der Waals surface area contributed by atoms with Crippen molar-refractivity contribution in [1.82, 2.24) is 9.71 Å². The number of pyridine rings is 1. The maximum absolute atomic E-state index is 11.7. The first-order valence-corrected chi connectivity index (χ1v) is 6.32. The van der Waals surface area contributed by atoms with Crippen LogP contribution in [0, 0.1) is 0 Å². The number of anilines is 1. The second kappa shape index (κ2) is 5.92. The fourth-order valence-electron chi connectivity index (χ4n) is 1.09. The number of rotatable bonds is 6. The van der Waals surface area contributed by atoms with Crippen LogP contribution in [0.2, 0.25) is 0 Å². The maximum atomic E-state index is 11.7. The normalized spacial score (nSPS) is 13.5. The average molecular weight is 261 g/mol. The number of ether oxygens (including phenoxy) is 1. The van der Waals surface area contributed by atoms with Crippen LogP contribution in [0.4, 0.5) is 5.82 Å². The van der Waals surface area contributed by atoms with Crippen molar-refractivity contribution in [2.45, 2.75) is 11.0 Å². The number of nitrogens with two attached hydrogens (primary N) is 1. The van der Waals surface area contributed by atoms with Crippen molar-refractivity contribution in [3.8, 4) is 0 Å². The highest BCUT2D eigenvalue weighted by molar-refractivity contribution is 7.89. The van der Waals surface area contributed by atoms with Crippen molar-refractivity contribution in [3.63, 3.8) is 0 Å². The van der Waals surface area contributed by atoms with E-state index in [1.807, 2.05) is 0 Å². The lowest BCUT2D eigenvalue weighted by Crippen LogP contribution is -2.34. The van der Waals surface area contributed by atoms with Crippen molar-refractivity contribution < 1.29 is 18.3 Å². The second-order valence-corrected chi connectivity index (χ2v) is 5.15. The Balaban J connectivity index is 2.66. The third-order valence-corrected chi connectivity index (χ3v) is 3.35. The van der Waals surface area contributed by atoms with Gasteiger partial charge in [-0.3, -0.25) is 0 Å². The quantitative estimate of drug-likeness (QED) is 0.602. The van der Waals surface area contributed by atoms with E-state index in [1.54, 1.807) is 0 Å². The highest BCUT2D eigenvalue weighted by Gasteiger charge is 2.15. The largest absolute Gasteiger partial charge is 0.389 e. The molecule has 1 heterocycles. The van der Waals surface area contributed by atoms with Gasteiger partial charge in [-0.1, -0.05) is 0 Å². The highest BCUT2D eigenvalue weighted by atomic mass is 32.2. The molecule has 1 unspecified atom stereocenters. The minimum atomic E-state index is -3.67. The number of aliphatic hydroxyl groups excluding tert-OH is 1. The van der Waals surface area contributed by atoms with Gasteiger partial charge < -0.3 is 15.6 Å². The van der Waals surface area contributed by atoms with E-state index in [1.165, 1.54) is 19.2 Å². The third-order valence-electron chi connectivity index (χ3n) is 1.94. The van der Waals surface area contributed by atoms with E-state index in [2.05, 4.69) is 14.4 Å². The molecule has 1 rings (SSSR count). The van der Waals surface area contributed by atoms with Gasteiger partial charge in [-0.05, 0) is 12.1 Å². The Hall–Kier alpha value is -1.22. The van der Waals surface area contributed by atoms with Crippen LogP contribution in [0.15, 0.2) is 23.2 Å². The summed E-state index contributed by atoms with van der Waals surface area (Å²) in [5.74, 6) is 0.239. The number of nitrogen functional groups attached to an aromatic ring is 1. The van der Waals surface area contributed by atoms with Crippen molar-refractivity contribution in [3.05, 3.63) is 18.3 Å². The first-order valence-electron chi connectivity index (χ1n) is 4.84. The van der Waals surface area contributed by atoms with E-state index in [0.29, 0.717) is 0 Å². The lowest BCUT2D eigenvalue weighted by atomic mass is 10.4. The summed E-state index contributed by atoms with van der Waals surface area (Å²) in [5.41, 5.74) is 5.35. The zero-order valence-electron chi connectivity index (χ0n) is 9.33. The molecular weight excluding hydrogens is 246 g/mol. The first-order chi connectivity index (χ1) is 7.95. The van der Waals surface area contributed by atoms with Gasteiger partial charge in [0.25, 0.3) is 0 Å². The standard InChI is InChI=1S/C9H15N3O4S/c1-16-6-7(13)4-12-17(14,15)8-2-3-9(10)11-5-8/h2-3,5,7,12-13H,4,6H2,1H3,(H2,10,11). The molecule has 7 nitrogen and oxygen atoms in total. The Labute approximate surface area is 99.7 Å². The summed E-state index contributed by atoms with van der Waals surface area (Å²) < 4.78 is 30.3. The molecular formula is C9H15N3O4S. The molecule has 0 saturated heterocycles. The molecule has 0 radical (unpaired) electrons. The third kappa shape index (κ3) is 4.27. The molecule has 1 aromatic rings. The predicted octanol–water partition coefficient (Wildman–Crippen LogP) is -1.05. The number of hydrogen-bond donors (Lipinski definition) is 3. The van der Waals surface area contributed by atoms with Crippen LogP contribution < -0.4 is 10.5 Å². The lowest BCUT2D eigenvalue weighted by Gasteiger charge is -2.11. The van der Waals surface area contributed by atoms with Gasteiger partial charge in [0.05, 0.1) is 12.7 Å². The molecule has 8 heteroatoms. The zero-order chi connectivity index (χ0) is 12.9. The molecule has 1 atom stereocenters. The highest BCUT2D eigenvalue weighted by Crippen LogP contribution is 2.08. The Morgan fingerprint density at radius 3 is 2.82 bits per heavy atom. The summed E-state index contributed by atoms with van der Waals surface area (Å²) in [7, 11) is -2.26. The van der Waals surface area contributed by atoms with E-state index < -0.39 is 16.1 Å². The van der Waals surface area contributed by atoms with Crippen LogP contribution in [-0.4, -0.2) is 44.9 Å². The van der Waals surface area contributed by atoms with E-state index in [0.717, 1.165) is 6.20 Å². The molecule has 4 N–H and O–H groups in total.